The second-order valence-corrected chi connectivity index (χ2v) is 6.59. The van der Waals surface area contributed by atoms with E-state index in [9.17, 15) is 8.78 Å². The summed E-state index contributed by atoms with van der Waals surface area (Å²) in [4.78, 5) is 0. The summed E-state index contributed by atoms with van der Waals surface area (Å²) in [5.74, 6) is -1.64. The second-order valence-electron chi connectivity index (χ2n) is 5.52. The van der Waals surface area contributed by atoms with Crippen LogP contribution in [-0.2, 0) is 6.54 Å². The first-order valence-corrected chi connectivity index (χ1v) is 8.22. The summed E-state index contributed by atoms with van der Waals surface area (Å²) < 4.78 is 27.8. The van der Waals surface area contributed by atoms with Crippen LogP contribution in [0.15, 0.2) is 29.4 Å². The van der Waals surface area contributed by atoms with Crippen LogP contribution >= 0.6 is 11.8 Å². The average Bonchev–Trinajstić information content (AvgIpc) is 2.93. The van der Waals surface area contributed by atoms with Crippen LogP contribution in [-0.4, -0.2) is 26.4 Å². The highest BCUT2D eigenvalue weighted by Crippen LogP contribution is 2.51. The molecule has 0 bridgehead atoms. The van der Waals surface area contributed by atoms with E-state index in [2.05, 4.69) is 10.2 Å². The van der Waals surface area contributed by atoms with Crippen molar-refractivity contribution in [1.82, 2.24) is 14.8 Å². The zero-order chi connectivity index (χ0) is 15.7. The first-order chi connectivity index (χ1) is 10.5. The van der Waals surface area contributed by atoms with E-state index >= 15 is 0 Å². The van der Waals surface area contributed by atoms with Crippen molar-refractivity contribution in [3.8, 4) is 5.69 Å². The molecule has 1 aromatic heterocycles. The van der Waals surface area contributed by atoms with Gasteiger partial charge in [-0.15, -0.1) is 10.2 Å². The van der Waals surface area contributed by atoms with Crippen LogP contribution in [0.4, 0.5) is 8.78 Å². The molecule has 4 nitrogen and oxygen atoms in total. The third kappa shape index (κ3) is 3.01. The molecule has 1 saturated carbocycles. The van der Waals surface area contributed by atoms with Crippen LogP contribution in [0.3, 0.4) is 0 Å². The van der Waals surface area contributed by atoms with Crippen LogP contribution in [0.25, 0.3) is 5.69 Å². The molecule has 0 radical (unpaired) electrons. The number of para-hydroxylation sites is 1. The summed E-state index contributed by atoms with van der Waals surface area (Å²) in [5.41, 5.74) is 7.81. The van der Waals surface area contributed by atoms with Crippen molar-refractivity contribution in [2.24, 2.45) is 11.7 Å². The van der Waals surface area contributed by atoms with Gasteiger partial charge in [0.25, 0.3) is 5.92 Å². The molecule has 2 aromatic rings. The second kappa shape index (κ2) is 5.96. The monoisotopic (exact) mass is 324 g/mol. The van der Waals surface area contributed by atoms with E-state index in [1.54, 1.807) is 0 Å². The van der Waals surface area contributed by atoms with E-state index in [-0.39, 0.29) is 13.0 Å². The molecule has 0 unspecified atom stereocenters. The number of halogens is 2. The van der Waals surface area contributed by atoms with Gasteiger partial charge in [0.2, 0.25) is 0 Å². The molecular weight excluding hydrogens is 306 g/mol. The Hall–Kier alpha value is -1.47. The van der Waals surface area contributed by atoms with Crippen molar-refractivity contribution in [1.29, 1.82) is 0 Å². The fourth-order valence-corrected chi connectivity index (χ4v) is 3.47. The summed E-state index contributed by atoms with van der Waals surface area (Å²) >= 11 is 1.46. The summed E-state index contributed by atoms with van der Waals surface area (Å²) in [5, 5.41) is 8.99. The quantitative estimate of drug-likeness (QED) is 0.829. The van der Waals surface area contributed by atoms with Gasteiger partial charge in [0.1, 0.15) is 0 Å². The molecule has 1 aliphatic rings. The van der Waals surface area contributed by atoms with Gasteiger partial charge in [-0.25, -0.2) is 8.78 Å². The van der Waals surface area contributed by atoms with Crippen LogP contribution in [0.2, 0.25) is 0 Å². The Bertz CT molecular complexity index is 671. The van der Waals surface area contributed by atoms with E-state index < -0.39 is 11.8 Å². The lowest BCUT2D eigenvalue weighted by Crippen LogP contribution is -2.09. The molecule has 1 aromatic carbocycles. The maximum atomic E-state index is 12.9. The van der Waals surface area contributed by atoms with Crippen molar-refractivity contribution in [2.75, 3.05) is 5.75 Å². The number of thioether (sulfide) groups is 1. The Kier molecular flexibility index (Phi) is 4.18. The summed E-state index contributed by atoms with van der Waals surface area (Å²) in [6, 6.07) is 7.90. The smallest absolute Gasteiger partial charge is 0.251 e. The SMILES string of the molecule is Cc1ccccc1-n1c(CN)nnc1SCC[C@H]1CC1(F)F. The normalized spacial score (nSPS) is 19.4. The molecule has 1 atom stereocenters. The van der Waals surface area contributed by atoms with Crippen molar-refractivity contribution < 1.29 is 8.78 Å². The van der Waals surface area contributed by atoms with Gasteiger partial charge in [0.15, 0.2) is 11.0 Å². The fraction of sp³-hybridized carbons (Fsp3) is 0.467. The fourth-order valence-electron chi connectivity index (χ4n) is 2.46. The van der Waals surface area contributed by atoms with E-state index in [1.165, 1.54) is 11.8 Å². The third-order valence-corrected chi connectivity index (χ3v) is 4.85. The number of nitrogens with two attached hydrogens (primary N) is 1. The Labute approximate surface area is 132 Å². The molecule has 0 spiro atoms. The lowest BCUT2D eigenvalue weighted by Gasteiger charge is -2.11. The predicted molar refractivity (Wildman–Crippen MR) is 82.4 cm³/mol. The van der Waals surface area contributed by atoms with Gasteiger partial charge in [-0.3, -0.25) is 4.57 Å². The van der Waals surface area contributed by atoms with Gasteiger partial charge in [0.05, 0.1) is 12.2 Å². The van der Waals surface area contributed by atoms with E-state index in [0.717, 1.165) is 11.3 Å². The van der Waals surface area contributed by atoms with Gasteiger partial charge in [-0.05, 0) is 25.0 Å². The summed E-state index contributed by atoms with van der Waals surface area (Å²) in [6.07, 6.45) is 0.516. The standard InChI is InChI=1S/C15H18F2N4S/c1-10-4-2-3-5-12(10)21-13(9-18)19-20-14(21)22-7-6-11-8-15(11,16)17/h2-5,11H,6-9,18H2,1H3/t11-/m0/s1. The Morgan fingerprint density at radius 1 is 1.36 bits per heavy atom. The molecule has 0 amide bonds. The largest absolute Gasteiger partial charge is 0.324 e. The van der Waals surface area contributed by atoms with Crippen LogP contribution in [0.5, 0.6) is 0 Å². The van der Waals surface area contributed by atoms with E-state index in [4.69, 9.17) is 5.73 Å². The van der Waals surface area contributed by atoms with Crippen molar-refractivity contribution in [3.63, 3.8) is 0 Å². The number of hydrogen-bond donors (Lipinski definition) is 1. The first kappa shape index (κ1) is 15.4. The maximum Gasteiger partial charge on any atom is 0.251 e. The molecule has 118 valence electrons. The highest BCUT2D eigenvalue weighted by molar-refractivity contribution is 7.99. The van der Waals surface area contributed by atoms with Gasteiger partial charge in [0, 0.05) is 18.1 Å². The van der Waals surface area contributed by atoms with Crippen LogP contribution in [0.1, 0.15) is 24.2 Å². The first-order valence-electron chi connectivity index (χ1n) is 7.24. The van der Waals surface area contributed by atoms with Crippen LogP contribution in [0, 0.1) is 12.8 Å². The molecule has 1 heterocycles. The Morgan fingerprint density at radius 2 is 2.09 bits per heavy atom. The molecule has 2 N–H and O–H groups in total. The number of aromatic nitrogens is 3. The minimum Gasteiger partial charge on any atom is -0.324 e. The molecular formula is C15H18F2N4S. The van der Waals surface area contributed by atoms with Gasteiger partial charge in [-0.2, -0.15) is 0 Å². The number of alkyl halides is 2. The van der Waals surface area contributed by atoms with Gasteiger partial charge < -0.3 is 5.73 Å². The molecule has 3 rings (SSSR count). The minimum atomic E-state index is -2.45. The molecule has 22 heavy (non-hydrogen) atoms. The summed E-state index contributed by atoms with van der Waals surface area (Å²) in [6.45, 7) is 2.29. The van der Waals surface area contributed by atoms with E-state index in [1.807, 2.05) is 35.8 Å². The van der Waals surface area contributed by atoms with E-state index in [0.29, 0.717) is 23.2 Å². The molecule has 7 heteroatoms. The van der Waals surface area contributed by atoms with Crippen molar-refractivity contribution >= 4 is 11.8 Å². The maximum absolute atomic E-state index is 12.9. The highest BCUT2D eigenvalue weighted by Gasteiger charge is 2.55. The topological polar surface area (TPSA) is 56.7 Å². The Morgan fingerprint density at radius 3 is 2.73 bits per heavy atom. The molecule has 1 aliphatic carbocycles. The number of aryl methyl sites for hydroxylation is 1. The number of benzene rings is 1. The molecule has 1 fully saturated rings. The average molecular weight is 324 g/mol. The lowest BCUT2D eigenvalue weighted by molar-refractivity contribution is 0.0983. The number of rotatable bonds is 6. The third-order valence-electron chi connectivity index (χ3n) is 3.89. The van der Waals surface area contributed by atoms with Crippen LogP contribution < -0.4 is 5.73 Å². The van der Waals surface area contributed by atoms with Crippen molar-refractivity contribution in [3.05, 3.63) is 35.7 Å². The highest BCUT2D eigenvalue weighted by atomic mass is 32.2. The zero-order valence-corrected chi connectivity index (χ0v) is 13.1. The Balaban J connectivity index is 1.77. The minimum absolute atomic E-state index is 0.0199. The predicted octanol–water partition coefficient (Wildman–Crippen LogP) is 3.17. The number of nitrogens with zero attached hydrogens (tertiary/aromatic N) is 3. The molecule has 0 saturated heterocycles. The number of hydrogen-bond acceptors (Lipinski definition) is 4. The lowest BCUT2D eigenvalue weighted by atomic mass is 10.2. The van der Waals surface area contributed by atoms with Gasteiger partial charge >= 0.3 is 0 Å². The van der Waals surface area contributed by atoms with Gasteiger partial charge in [-0.1, -0.05) is 30.0 Å². The van der Waals surface area contributed by atoms with Crippen molar-refractivity contribution in [2.45, 2.75) is 37.4 Å². The molecule has 0 aliphatic heterocycles. The summed E-state index contributed by atoms with van der Waals surface area (Å²) in [7, 11) is 0. The zero-order valence-electron chi connectivity index (χ0n) is 12.3.